The number of carbonyl (C=O) groups excluding carboxylic acids is 1. The Morgan fingerprint density at radius 3 is 2.31 bits per heavy atom. The van der Waals surface area contributed by atoms with Crippen LogP contribution < -0.4 is 0 Å². The molecule has 1 heterocycles. The topological polar surface area (TPSA) is 38.1 Å². The third kappa shape index (κ3) is 2.68. The average Bonchev–Trinajstić information content (AvgIpc) is 2.47. The molecule has 0 N–H and O–H groups in total. The lowest BCUT2D eigenvalue weighted by Crippen LogP contribution is -2.32. The molecule has 1 rings (SSSR count). The Bertz CT molecular complexity index is 403. The first kappa shape index (κ1) is 14.2. The van der Waals surface area contributed by atoms with Gasteiger partial charge in [-0.05, 0) is 54.2 Å². The van der Waals surface area contributed by atoms with E-state index in [-0.39, 0.29) is 11.9 Å². The minimum atomic E-state index is -0.285. The van der Waals surface area contributed by atoms with Crippen molar-refractivity contribution in [2.24, 2.45) is 0 Å². The molecule has 1 aromatic rings. The van der Waals surface area contributed by atoms with Crippen LogP contribution in [0.1, 0.15) is 19.4 Å². The number of hydrogen-bond donors (Lipinski definition) is 0. The van der Waals surface area contributed by atoms with Crippen LogP contribution >= 0.6 is 47.8 Å². The van der Waals surface area contributed by atoms with E-state index in [1.807, 2.05) is 6.92 Å². The first-order valence-corrected chi connectivity index (χ1v) is 7.08. The van der Waals surface area contributed by atoms with Crippen LogP contribution in [-0.4, -0.2) is 34.7 Å². The van der Waals surface area contributed by atoms with Gasteiger partial charge in [0.25, 0.3) is 0 Å². The summed E-state index contributed by atoms with van der Waals surface area (Å²) in [6.45, 7) is 1.96. The lowest BCUT2D eigenvalue weighted by atomic mass is 10.2. The number of amides is 1. The second-order valence-electron chi connectivity index (χ2n) is 3.50. The summed E-state index contributed by atoms with van der Waals surface area (Å²) in [4.78, 5) is 13.5. The zero-order valence-corrected chi connectivity index (χ0v) is 13.9. The number of hydrogen-bond acceptors (Lipinski definition) is 2. The van der Waals surface area contributed by atoms with E-state index in [9.17, 15) is 4.79 Å². The van der Waals surface area contributed by atoms with Gasteiger partial charge < -0.3 is 4.90 Å². The van der Waals surface area contributed by atoms with Gasteiger partial charge in [-0.25, -0.2) is 4.68 Å². The summed E-state index contributed by atoms with van der Waals surface area (Å²) in [6, 6.07) is -0.285. The molecule has 1 atom stereocenters. The Kier molecular flexibility index (Phi) is 5.00. The fourth-order valence-electron chi connectivity index (χ4n) is 1.32. The Balaban J connectivity index is 3.14. The molecule has 0 fully saturated rings. The van der Waals surface area contributed by atoms with Crippen molar-refractivity contribution in [3.8, 4) is 0 Å². The molecule has 0 saturated heterocycles. The highest BCUT2D eigenvalue weighted by Gasteiger charge is 2.25. The molecule has 7 heteroatoms. The maximum atomic E-state index is 12.0. The molecule has 0 radical (unpaired) electrons. The van der Waals surface area contributed by atoms with Crippen LogP contribution in [0.25, 0.3) is 0 Å². The van der Waals surface area contributed by atoms with Crippen LogP contribution in [0.4, 0.5) is 0 Å². The van der Waals surface area contributed by atoms with Crippen molar-refractivity contribution < 1.29 is 4.79 Å². The van der Waals surface area contributed by atoms with Gasteiger partial charge in [-0.1, -0.05) is 6.92 Å². The summed E-state index contributed by atoms with van der Waals surface area (Å²) in [5.74, 6) is 0.0331. The molecule has 0 aliphatic rings. The molecule has 0 bridgehead atoms. The van der Waals surface area contributed by atoms with Crippen LogP contribution in [0.15, 0.2) is 13.7 Å². The van der Waals surface area contributed by atoms with Crippen LogP contribution in [0, 0.1) is 0 Å². The predicted molar refractivity (Wildman–Crippen MR) is 73.3 cm³/mol. The summed E-state index contributed by atoms with van der Waals surface area (Å²) in [6.07, 6.45) is 0.691. The van der Waals surface area contributed by atoms with Crippen molar-refractivity contribution in [1.29, 1.82) is 0 Å². The van der Waals surface area contributed by atoms with Crippen molar-refractivity contribution in [2.75, 3.05) is 14.1 Å². The van der Waals surface area contributed by atoms with E-state index in [4.69, 9.17) is 0 Å². The number of carbonyl (C=O) groups is 1. The van der Waals surface area contributed by atoms with Crippen molar-refractivity contribution in [3.63, 3.8) is 0 Å². The molecule has 0 unspecified atom stereocenters. The number of halogens is 3. The van der Waals surface area contributed by atoms with E-state index < -0.39 is 0 Å². The van der Waals surface area contributed by atoms with Gasteiger partial charge in [-0.3, -0.25) is 4.79 Å². The SMILES string of the molecule is CC[C@@H](C(=O)N(C)C)n1nc(Br)c(Br)c1Br. The van der Waals surface area contributed by atoms with Crippen LogP contribution in [-0.2, 0) is 4.79 Å². The third-order valence-corrected chi connectivity index (χ3v) is 5.30. The second-order valence-corrected chi connectivity index (χ2v) is 5.79. The fourth-order valence-corrected chi connectivity index (χ4v) is 2.72. The van der Waals surface area contributed by atoms with Crippen LogP contribution in [0.2, 0.25) is 0 Å². The maximum Gasteiger partial charge on any atom is 0.246 e. The molecule has 1 amide bonds. The van der Waals surface area contributed by atoms with Crippen molar-refractivity contribution in [3.05, 3.63) is 13.7 Å². The van der Waals surface area contributed by atoms with Gasteiger partial charge in [-0.2, -0.15) is 5.10 Å². The Morgan fingerprint density at radius 2 is 2.00 bits per heavy atom. The molecule has 0 saturated carbocycles. The van der Waals surface area contributed by atoms with E-state index in [2.05, 4.69) is 52.9 Å². The third-order valence-electron chi connectivity index (χ3n) is 2.17. The second kappa shape index (κ2) is 5.64. The summed E-state index contributed by atoms with van der Waals surface area (Å²) in [5.41, 5.74) is 0. The lowest BCUT2D eigenvalue weighted by molar-refractivity contribution is -0.132. The zero-order valence-electron chi connectivity index (χ0n) is 9.17. The monoisotopic (exact) mass is 415 g/mol. The van der Waals surface area contributed by atoms with Crippen molar-refractivity contribution in [2.45, 2.75) is 19.4 Å². The largest absolute Gasteiger partial charge is 0.347 e. The zero-order chi connectivity index (χ0) is 12.5. The number of nitrogens with zero attached hydrogens (tertiary/aromatic N) is 3. The molecular formula is C9H12Br3N3O. The maximum absolute atomic E-state index is 12.0. The van der Waals surface area contributed by atoms with Gasteiger partial charge in [0, 0.05) is 14.1 Å². The first-order valence-electron chi connectivity index (χ1n) is 4.70. The summed E-state index contributed by atoms with van der Waals surface area (Å²) >= 11 is 10.1. The van der Waals surface area contributed by atoms with E-state index in [1.54, 1.807) is 23.7 Å². The Hall–Kier alpha value is 0.120. The Morgan fingerprint density at radius 1 is 1.44 bits per heavy atom. The minimum Gasteiger partial charge on any atom is -0.347 e. The van der Waals surface area contributed by atoms with Gasteiger partial charge in [0.05, 0.1) is 4.47 Å². The van der Waals surface area contributed by atoms with Gasteiger partial charge in [-0.15, -0.1) is 0 Å². The van der Waals surface area contributed by atoms with Gasteiger partial charge >= 0.3 is 0 Å². The Labute approximate surface area is 120 Å². The molecule has 0 aliphatic heterocycles. The van der Waals surface area contributed by atoms with Crippen LogP contribution in [0.5, 0.6) is 0 Å². The number of likely N-dealkylation sites (N-methyl/N-ethyl adjacent to an activating group) is 1. The smallest absolute Gasteiger partial charge is 0.246 e. The quantitative estimate of drug-likeness (QED) is 0.757. The van der Waals surface area contributed by atoms with Gasteiger partial charge in [0.1, 0.15) is 15.2 Å². The molecule has 0 spiro atoms. The molecule has 1 aromatic heterocycles. The molecule has 0 aromatic carbocycles. The summed E-state index contributed by atoms with van der Waals surface area (Å²) in [5, 5.41) is 4.28. The number of rotatable bonds is 3. The average molecular weight is 418 g/mol. The van der Waals surface area contributed by atoms with E-state index in [0.29, 0.717) is 11.0 Å². The molecular weight excluding hydrogens is 406 g/mol. The number of aromatic nitrogens is 2. The summed E-state index contributed by atoms with van der Waals surface area (Å²) < 4.78 is 3.94. The first-order chi connectivity index (χ1) is 7.40. The minimum absolute atomic E-state index is 0.0331. The van der Waals surface area contributed by atoms with Gasteiger partial charge in [0.15, 0.2) is 0 Å². The fraction of sp³-hybridized carbons (Fsp3) is 0.556. The van der Waals surface area contributed by atoms with E-state index >= 15 is 0 Å². The molecule has 16 heavy (non-hydrogen) atoms. The van der Waals surface area contributed by atoms with Crippen molar-refractivity contribution in [1.82, 2.24) is 14.7 Å². The van der Waals surface area contributed by atoms with Gasteiger partial charge in [0.2, 0.25) is 5.91 Å². The molecule has 0 aliphatic carbocycles. The highest BCUT2D eigenvalue weighted by Crippen LogP contribution is 2.33. The van der Waals surface area contributed by atoms with Crippen LogP contribution in [0.3, 0.4) is 0 Å². The standard InChI is InChI=1S/C9H12Br3N3O/c1-4-5(9(16)14(2)3)15-8(12)6(10)7(11)13-15/h5H,4H2,1-3H3/t5-/m0/s1. The van der Waals surface area contributed by atoms with E-state index in [1.165, 1.54) is 0 Å². The highest BCUT2D eigenvalue weighted by atomic mass is 79.9. The predicted octanol–water partition coefficient (Wildman–Crippen LogP) is 3.21. The molecule has 90 valence electrons. The lowest BCUT2D eigenvalue weighted by Gasteiger charge is -2.20. The molecule has 4 nitrogen and oxygen atoms in total. The van der Waals surface area contributed by atoms with Crippen molar-refractivity contribution >= 4 is 53.7 Å². The highest BCUT2D eigenvalue weighted by molar-refractivity contribution is 9.14. The van der Waals surface area contributed by atoms with E-state index in [0.717, 1.165) is 9.08 Å². The summed E-state index contributed by atoms with van der Waals surface area (Å²) in [7, 11) is 3.49. The normalized spacial score (nSPS) is 12.6.